The number of ether oxygens (including phenoxy) is 1. The first-order chi connectivity index (χ1) is 12.8. The molecule has 0 bridgehead atoms. The van der Waals surface area contributed by atoms with E-state index in [-0.39, 0.29) is 17.1 Å². The van der Waals surface area contributed by atoms with Gasteiger partial charge in [0.05, 0.1) is 5.56 Å². The Morgan fingerprint density at radius 2 is 1.96 bits per heavy atom. The van der Waals surface area contributed by atoms with Gasteiger partial charge in [0, 0.05) is 5.02 Å². The van der Waals surface area contributed by atoms with Crippen LogP contribution in [0.15, 0.2) is 18.2 Å². The number of nitrogens with zero attached hydrogens (tertiary/aromatic N) is 1. The van der Waals surface area contributed by atoms with Crippen molar-refractivity contribution in [3.8, 4) is 5.75 Å². The van der Waals surface area contributed by atoms with Gasteiger partial charge in [0.2, 0.25) is 0 Å². The van der Waals surface area contributed by atoms with Gasteiger partial charge >= 0.3 is 6.03 Å². The van der Waals surface area contributed by atoms with Crippen molar-refractivity contribution in [2.75, 3.05) is 6.61 Å². The topological polar surface area (TPSA) is 105 Å². The maximum absolute atomic E-state index is 12.6. The molecule has 1 heterocycles. The highest BCUT2D eigenvalue weighted by molar-refractivity contribution is 6.31. The molecule has 1 spiro atoms. The van der Waals surface area contributed by atoms with Gasteiger partial charge in [-0.1, -0.05) is 30.9 Å². The predicted octanol–water partition coefficient (Wildman–Crippen LogP) is 2.21. The molecule has 2 N–H and O–H groups in total. The largest absolute Gasteiger partial charge is 0.483 e. The Morgan fingerprint density at radius 1 is 1.26 bits per heavy atom. The Hall–Kier alpha value is -2.61. The fourth-order valence-electron chi connectivity index (χ4n) is 3.42. The molecule has 2 aliphatic rings. The average Bonchev–Trinajstić information content (AvgIpc) is 2.85. The molecule has 2 fully saturated rings. The zero-order valence-corrected chi connectivity index (χ0v) is 15.6. The molecule has 0 radical (unpaired) electrons. The molecule has 8 nitrogen and oxygen atoms in total. The van der Waals surface area contributed by atoms with Crippen molar-refractivity contribution in [1.29, 1.82) is 0 Å². The second kappa shape index (κ2) is 7.56. The van der Waals surface area contributed by atoms with Crippen LogP contribution in [0.4, 0.5) is 4.79 Å². The van der Waals surface area contributed by atoms with Gasteiger partial charge in [-0.3, -0.25) is 19.8 Å². The van der Waals surface area contributed by atoms with Gasteiger partial charge in [-0.15, -0.1) is 0 Å². The number of Topliss-reactive ketones (excluding diaryl/α,β-unsaturated/α-hetero) is 1. The highest BCUT2D eigenvalue weighted by Gasteiger charge is 2.52. The lowest BCUT2D eigenvalue weighted by Gasteiger charge is -2.30. The Balaban J connectivity index is 1.62. The Kier molecular flexibility index (Phi) is 5.36. The van der Waals surface area contributed by atoms with Crippen LogP contribution in [0.5, 0.6) is 5.75 Å². The Morgan fingerprint density at radius 3 is 2.63 bits per heavy atom. The standard InChI is InChI=1S/C18H20ClN3O5/c1-11(23)13-9-12(19)5-6-14(13)27-10-15(24)21-22-16(25)18(20-17(22)26)7-3-2-4-8-18/h5-6,9H,2-4,7-8,10H2,1H3,(H,20,26)(H,21,24). The number of imide groups is 1. The smallest absolute Gasteiger partial charge is 0.344 e. The maximum Gasteiger partial charge on any atom is 0.344 e. The van der Waals surface area contributed by atoms with Crippen LogP contribution in [0.1, 0.15) is 49.4 Å². The van der Waals surface area contributed by atoms with Crippen molar-refractivity contribution in [1.82, 2.24) is 15.8 Å². The molecule has 4 amide bonds. The quantitative estimate of drug-likeness (QED) is 0.589. The number of urea groups is 1. The second-order valence-corrected chi connectivity index (χ2v) is 7.17. The third-order valence-corrected chi connectivity index (χ3v) is 5.02. The molecule has 1 saturated heterocycles. The van der Waals surface area contributed by atoms with Crippen LogP contribution < -0.4 is 15.5 Å². The molecular formula is C18H20ClN3O5. The molecule has 0 aromatic heterocycles. The summed E-state index contributed by atoms with van der Waals surface area (Å²) in [5.41, 5.74) is 1.60. The number of hydrogen-bond donors (Lipinski definition) is 2. The summed E-state index contributed by atoms with van der Waals surface area (Å²) in [5, 5.41) is 3.78. The summed E-state index contributed by atoms with van der Waals surface area (Å²) < 4.78 is 5.37. The van der Waals surface area contributed by atoms with E-state index < -0.39 is 30.0 Å². The molecule has 1 aliphatic carbocycles. The number of rotatable bonds is 5. The molecule has 3 rings (SSSR count). The highest BCUT2D eigenvalue weighted by Crippen LogP contribution is 2.33. The van der Waals surface area contributed by atoms with Crippen LogP contribution >= 0.6 is 11.6 Å². The first kappa shape index (κ1) is 19.2. The van der Waals surface area contributed by atoms with Gasteiger partial charge in [-0.25, -0.2) is 4.79 Å². The summed E-state index contributed by atoms with van der Waals surface area (Å²) in [4.78, 5) is 48.6. The number of ketones is 1. The van der Waals surface area contributed by atoms with E-state index in [4.69, 9.17) is 16.3 Å². The molecule has 1 aromatic carbocycles. The lowest BCUT2D eigenvalue weighted by molar-refractivity contribution is -0.140. The Labute approximate surface area is 161 Å². The number of halogens is 1. The summed E-state index contributed by atoms with van der Waals surface area (Å²) in [5.74, 6) is -1.20. The number of amides is 4. The van der Waals surface area contributed by atoms with Gasteiger partial charge in [-0.05, 0) is 38.0 Å². The lowest BCUT2D eigenvalue weighted by atomic mass is 9.82. The molecule has 27 heavy (non-hydrogen) atoms. The van der Waals surface area contributed by atoms with Crippen LogP contribution in [0.25, 0.3) is 0 Å². The summed E-state index contributed by atoms with van der Waals surface area (Å²) >= 11 is 5.86. The number of hydrogen-bond acceptors (Lipinski definition) is 5. The van der Waals surface area contributed by atoms with Gasteiger partial charge in [0.1, 0.15) is 11.3 Å². The molecule has 1 aliphatic heterocycles. The van der Waals surface area contributed by atoms with E-state index in [9.17, 15) is 19.2 Å². The number of benzene rings is 1. The molecular weight excluding hydrogens is 374 g/mol. The summed E-state index contributed by atoms with van der Waals surface area (Å²) in [6.07, 6.45) is 3.84. The average molecular weight is 394 g/mol. The van der Waals surface area contributed by atoms with E-state index in [0.717, 1.165) is 19.3 Å². The lowest BCUT2D eigenvalue weighted by Crippen LogP contribution is -2.51. The fraction of sp³-hybridized carbons (Fsp3) is 0.444. The minimum atomic E-state index is -0.915. The number of carbonyl (C=O) groups excluding carboxylic acids is 4. The maximum atomic E-state index is 12.6. The summed E-state index contributed by atoms with van der Waals surface area (Å²) in [6.45, 7) is 0.890. The number of hydrazine groups is 1. The molecule has 1 saturated carbocycles. The van der Waals surface area contributed by atoms with Crippen molar-refractivity contribution < 1.29 is 23.9 Å². The SMILES string of the molecule is CC(=O)c1cc(Cl)ccc1OCC(=O)NN1C(=O)NC2(CCCCC2)C1=O. The van der Waals surface area contributed by atoms with Gasteiger partial charge in [0.15, 0.2) is 12.4 Å². The van der Waals surface area contributed by atoms with Crippen LogP contribution in [0, 0.1) is 0 Å². The fourth-order valence-corrected chi connectivity index (χ4v) is 3.59. The van der Waals surface area contributed by atoms with E-state index in [2.05, 4.69) is 10.7 Å². The highest BCUT2D eigenvalue weighted by atomic mass is 35.5. The molecule has 144 valence electrons. The normalized spacial score (nSPS) is 18.4. The summed E-state index contributed by atoms with van der Waals surface area (Å²) in [6, 6.07) is 3.82. The van der Waals surface area contributed by atoms with E-state index in [1.165, 1.54) is 25.1 Å². The van der Waals surface area contributed by atoms with Gasteiger partial charge in [-0.2, -0.15) is 5.01 Å². The van der Waals surface area contributed by atoms with Crippen molar-refractivity contribution in [2.45, 2.75) is 44.6 Å². The van der Waals surface area contributed by atoms with Gasteiger partial charge < -0.3 is 10.1 Å². The summed E-state index contributed by atoms with van der Waals surface area (Å²) in [7, 11) is 0. The Bertz CT molecular complexity index is 804. The molecule has 1 aromatic rings. The second-order valence-electron chi connectivity index (χ2n) is 6.73. The minimum absolute atomic E-state index is 0.197. The van der Waals surface area contributed by atoms with Crippen molar-refractivity contribution in [2.24, 2.45) is 0 Å². The van der Waals surface area contributed by atoms with E-state index in [1.807, 2.05) is 0 Å². The number of carbonyl (C=O) groups is 4. The van der Waals surface area contributed by atoms with Crippen molar-refractivity contribution >= 4 is 35.2 Å². The van der Waals surface area contributed by atoms with Crippen molar-refractivity contribution in [3.05, 3.63) is 28.8 Å². The zero-order chi connectivity index (χ0) is 19.6. The first-order valence-corrected chi connectivity index (χ1v) is 9.10. The van der Waals surface area contributed by atoms with Crippen LogP contribution in [0.3, 0.4) is 0 Å². The van der Waals surface area contributed by atoms with E-state index in [1.54, 1.807) is 0 Å². The third kappa shape index (κ3) is 3.90. The van der Waals surface area contributed by atoms with Crippen LogP contribution in [-0.2, 0) is 9.59 Å². The van der Waals surface area contributed by atoms with E-state index in [0.29, 0.717) is 22.9 Å². The first-order valence-electron chi connectivity index (χ1n) is 8.72. The zero-order valence-electron chi connectivity index (χ0n) is 14.8. The van der Waals surface area contributed by atoms with Crippen molar-refractivity contribution in [3.63, 3.8) is 0 Å². The molecule has 9 heteroatoms. The third-order valence-electron chi connectivity index (χ3n) is 4.79. The van der Waals surface area contributed by atoms with E-state index >= 15 is 0 Å². The number of nitrogens with one attached hydrogen (secondary N) is 2. The predicted molar refractivity (Wildman–Crippen MR) is 96.3 cm³/mol. The van der Waals surface area contributed by atoms with Gasteiger partial charge in [0.25, 0.3) is 11.8 Å². The molecule has 0 unspecified atom stereocenters. The van der Waals surface area contributed by atoms with Crippen LogP contribution in [-0.4, -0.2) is 40.8 Å². The minimum Gasteiger partial charge on any atom is -0.483 e. The monoisotopic (exact) mass is 393 g/mol. The molecule has 0 atom stereocenters. The van der Waals surface area contributed by atoms with Crippen LogP contribution in [0.2, 0.25) is 5.02 Å².